The third kappa shape index (κ3) is 5.13. The quantitative estimate of drug-likeness (QED) is 0.502. The summed E-state index contributed by atoms with van der Waals surface area (Å²) in [6.45, 7) is 0.769. The highest BCUT2D eigenvalue weighted by atomic mass is 35.5. The maximum absolute atomic E-state index is 13.5. The Morgan fingerprint density at radius 3 is 2.29 bits per heavy atom. The molecule has 31 heavy (non-hydrogen) atoms. The van der Waals surface area contributed by atoms with Gasteiger partial charge in [0.1, 0.15) is 18.0 Å². The number of likely N-dealkylation sites (tertiary alicyclic amines) is 1. The minimum absolute atomic E-state index is 0.108. The molecule has 1 fully saturated rings. The first-order chi connectivity index (χ1) is 14.9. The van der Waals surface area contributed by atoms with Crippen LogP contribution in [0.4, 0.5) is 8.78 Å². The summed E-state index contributed by atoms with van der Waals surface area (Å²) in [5.74, 6) is -1.48. The molecular formula is C21H18ClF2N4O2S-. The molecule has 3 aromatic rings. The Balaban J connectivity index is 1.53. The van der Waals surface area contributed by atoms with Crippen molar-refractivity contribution in [3.63, 3.8) is 0 Å². The fourth-order valence-electron chi connectivity index (χ4n) is 3.78. The van der Waals surface area contributed by atoms with Crippen molar-refractivity contribution in [1.82, 2.24) is 19.2 Å². The average Bonchev–Trinajstić information content (AvgIpc) is 2.70. The van der Waals surface area contributed by atoms with Gasteiger partial charge in [-0.05, 0) is 35.4 Å². The van der Waals surface area contributed by atoms with E-state index in [1.54, 1.807) is 24.5 Å². The van der Waals surface area contributed by atoms with Crippen molar-refractivity contribution >= 4 is 22.9 Å². The SMILES string of the molecule is O=S([O-])N(Cc1cc(F)cc(F)c1)C1CN(C(c2ccc(Cl)cc2)c2cncnc2)C1. The Bertz CT molecular complexity index is 1050. The van der Waals surface area contributed by atoms with Crippen LogP contribution < -0.4 is 0 Å². The van der Waals surface area contributed by atoms with E-state index >= 15 is 0 Å². The van der Waals surface area contributed by atoms with Gasteiger partial charge < -0.3 is 4.55 Å². The fraction of sp³-hybridized carbons (Fsp3) is 0.238. The zero-order valence-corrected chi connectivity index (χ0v) is 17.8. The molecule has 1 saturated heterocycles. The fourth-order valence-corrected chi connectivity index (χ4v) is 4.53. The Hall–Kier alpha value is -2.30. The van der Waals surface area contributed by atoms with Gasteiger partial charge in [-0.3, -0.25) is 9.11 Å². The highest BCUT2D eigenvalue weighted by Crippen LogP contribution is 2.34. The molecule has 0 aliphatic carbocycles. The van der Waals surface area contributed by atoms with Gasteiger partial charge >= 0.3 is 0 Å². The lowest BCUT2D eigenvalue weighted by atomic mass is 9.94. The standard InChI is InChI=1S/C21H19ClF2N4O2S/c22-17-3-1-15(2-4-17)21(16-8-25-13-26-9-16)27-11-20(12-27)28(31(29)30)10-14-5-18(23)7-19(24)6-14/h1-9,13,20-21H,10-12H2,(H,29,30)/p-1. The minimum Gasteiger partial charge on any atom is -0.760 e. The van der Waals surface area contributed by atoms with E-state index in [9.17, 15) is 17.5 Å². The Morgan fingerprint density at radius 2 is 1.71 bits per heavy atom. The first-order valence-corrected chi connectivity index (χ1v) is 10.9. The molecule has 0 bridgehead atoms. The van der Waals surface area contributed by atoms with Crippen LogP contribution in [0.3, 0.4) is 0 Å². The second-order valence-corrected chi connectivity index (χ2v) is 8.64. The molecule has 0 N–H and O–H groups in total. The van der Waals surface area contributed by atoms with Crippen molar-refractivity contribution in [2.45, 2.75) is 18.6 Å². The molecule has 1 aliphatic rings. The molecular weight excluding hydrogens is 446 g/mol. The summed E-state index contributed by atoms with van der Waals surface area (Å²) < 4.78 is 51.9. The normalized spacial score (nSPS) is 16.8. The maximum Gasteiger partial charge on any atom is 0.126 e. The summed E-state index contributed by atoms with van der Waals surface area (Å²) in [7, 11) is 0. The number of hydrogen-bond acceptors (Lipinski definition) is 5. The number of halogens is 3. The van der Waals surface area contributed by atoms with Crippen LogP contribution in [0.1, 0.15) is 22.7 Å². The van der Waals surface area contributed by atoms with Crippen molar-refractivity contribution in [3.8, 4) is 0 Å². The minimum atomic E-state index is -2.55. The van der Waals surface area contributed by atoms with Crippen LogP contribution in [0.25, 0.3) is 0 Å². The molecule has 2 heterocycles. The van der Waals surface area contributed by atoms with Gasteiger partial charge in [-0.1, -0.05) is 23.7 Å². The van der Waals surface area contributed by atoms with E-state index < -0.39 is 22.9 Å². The smallest absolute Gasteiger partial charge is 0.126 e. The van der Waals surface area contributed by atoms with Crippen molar-refractivity contribution in [2.24, 2.45) is 0 Å². The summed E-state index contributed by atoms with van der Waals surface area (Å²) >= 11 is 3.48. The van der Waals surface area contributed by atoms with E-state index in [0.717, 1.165) is 29.3 Å². The summed E-state index contributed by atoms with van der Waals surface area (Å²) in [6.07, 6.45) is 4.89. The highest BCUT2D eigenvalue weighted by Gasteiger charge is 2.38. The van der Waals surface area contributed by atoms with Gasteiger partial charge in [0.05, 0.1) is 6.04 Å². The van der Waals surface area contributed by atoms with Crippen LogP contribution in [0.5, 0.6) is 0 Å². The third-order valence-electron chi connectivity index (χ3n) is 5.20. The van der Waals surface area contributed by atoms with E-state index in [2.05, 4.69) is 14.9 Å². The molecule has 4 rings (SSSR count). The van der Waals surface area contributed by atoms with Crippen LogP contribution in [-0.4, -0.2) is 47.1 Å². The van der Waals surface area contributed by atoms with Crippen molar-refractivity contribution < 1.29 is 17.5 Å². The summed E-state index contributed by atoms with van der Waals surface area (Å²) in [5, 5.41) is 0.614. The molecule has 10 heteroatoms. The molecule has 1 aromatic heterocycles. The molecule has 0 radical (unpaired) electrons. The lowest BCUT2D eigenvalue weighted by Crippen LogP contribution is -2.60. The molecule has 1 aliphatic heterocycles. The molecule has 162 valence electrons. The zero-order valence-electron chi connectivity index (χ0n) is 16.2. The first kappa shape index (κ1) is 21.9. The predicted molar refractivity (Wildman–Crippen MR) is 112 cm³/mol. The van der Waals surface area contributed by atoms with Gasteiger partial charge in [0.15, 0.2) is 0 Å². The molecule has 0 amide bonds. The van der Waals surface area contributed by atoms with Gasteiger partial charge in [0.25, 0.3) is 0 Å². The molecule has 2 aromatic carbocycles. The van der Waals surface area contributed by atoms with Crippen LogP contribution in [0.15, 0.2) is 61.2 Å². The van der Waals surface area contributed by atoms with Gasteiger partial charge in [-0.25, -0.2) is 23.1 Å². The lowest BCUT2D eigenvalue weighted by molar-refractivity contribution is 0.0491. The van der Waals surface area contributed by atoms with Crippen LogP contribution in [0, 0.1) is 11.6 Å². The summed E-state index contributed by atoms with van der Waals surface area (Å²) in [5.41, 5.74) is 2.09. The predicted octanol–water partition coefficient (Wildman–Crippen LogP) is 3.48. The van der Waals surface area contributed by atoms with Gasteiger partial charge in [-0.15, -0.1) is 0 Å². The van der Waals surface area contributed by atoms with E-state index in [0.29, 0.717) is 18.1 Å². The highest BCUT2D eigenvalue weighted by molar-refractivity contribution is 7.76. The molecule has 0 saturated carbocycles. The van der Waals surface area contributed by atoms with E-state index in [4.69, 9.17) is 11.6 Å². The second kappa shape index (κ2) is 9.46. The number of hydrogen-bond donors (Lipinski definition) is 0. The summed E-state index contributed by atoms with van der Waals surface area (Å²) in [6, 6.07) is 9.93. The molecule has 2 unspecified atom stereocenters. The van der Waals surface area contributed by atoms with E-state index in [1.165, 1.54) is 10.6 Å². The van der Waals surface area contributed by atoms with Crippen molar-refractivity contribution in [2.75, 3.05) is 13.1 Å². The Morgan fingerprint density at radius 1 is 1.10 bits per heavy atom. The molecule has 0 spiro atoms. The largest absolute Gasteiger partial charge is 0.760 e. The van der Waals surface area contributed by atoms with Crippen LogP contribution >= 0.6 is 11.6 Å². The van der Waals surface area contributed by atoms with Crippen LogP contribution in [-0.2, 0) is 17.8 Å². The van der Waals surface area contributed by atoms with Gasteiger partial charge in [0.2, 0.25) is 0 Å². The summed E-state index contributed by atoms with van der Waals surface area (Å²) in [4.78, 5) is 10.3. The second-order valence-electron chi connectivity index (χ2n) is 7.30. The first-order valence-electron chi connectivity index (χ1n) is 9.46. The van der Waals surface area contributed by atoms with Gasteiger partial charge in [0, 0.05) is 66.0 Å². The molecule has 6 nitrogen and oxygen atoms in total. The number of benzene rings is 2. The lowest BCUT2D eigenvalue weighted by Gasteiger charge is -2.49. The van der Waals surface area contributed by atoms with E-state index in [-0.39, 0.29) is 24.2 Å². The molecule has 2 atom stereocenters. The number of nitrogens with zero attached hydrogens (tertiary/aromatic N) is 4. The average molecular weight is 464 g/mol. The zero-order chi connectivity index (χ0) is 22.0. The Kier molecular flexibility index (Phi) is 6.68. The topological polar surface area (TPSA) is 72.4 Å². The number of rotatable bonds is 7. The number of aromatic nitrogens is 2. The van der Waals surface area contributed by atoms with Crippen LogP contribution in [0.2, 0.25) is 5.02 Å². The van der Waals surface area contributed by atoms with Crippen molar-refractivity contribution in [3.05, 3.63) is 94.5 Å². The van der Waals surface area contributed by atoms with E-state index in [1.807, 2.05) is 12.1 Å². The van der Waals surface area contributed by atoms with Gasteiger partial charge in [-0.2, -0.15) is 0 Å². The Labute approximate surface area is 185 Å². The maximum atomic E-state index is 13.5. The third-order valence-corrected chi connectivity index (χ3v) is 6.26. The monoisotopic (exact) mass is 463 g/mol. The van der Waals surface area contributed by atoms with Crippen molar-refractivity contribution in [1.29, 1.82) is 0 Å².